The van der Waals surface area contributed by atoms with Crippen LogP contribution < -0.4 is 4.74 Å². The maximum absolute atomic E-state index is 10.5. The molecule has 3 heteroatoms. The zero-order valence-corrected chi connectivity index (χ0v) is 10.6. The number of rotatable bonds is 2. The van der Waals surface area contributed by atoms with Crippen molar-refractivity contribution in [1.29, 1.82) is 0 Å². The van der Waals surface area contributed by atoms with Crippen LogP contribution in [0.15, 0.2) is 24.3 Å². The number of carbonyl (C=O) groups excluding carboxylic acids is 2. The second-order valence-electron chi connectivity index (χ2n) is 2.28. The normalized spacial score (nSPS) is 7.56. The van der Waals surface area contributed by atoms with Gasteiger partial charge in [0, 0.05) is 12.5 Å². The van der Waals surface area contributed by atoms with Crippen molar-refractivity contribution in [1.82, 2.24) is 0 Å². The summed E-state index contributed by atoms with van der Waals surface area (Å²) in [5.41, 5.74) is 0.561. The summed E-state index contributed by atoms with van der Waals surface area (Å²) < 4.78 is 4.76. The maximum atomic E-state index is 10.5. The highest BCUT2D eigenvalue weighted by Crippen LogP contribution is 2.10. The molecular formula is C13H20O3. The molecule has 1 aromatic carbocycles. The zero-order valence-electron chi connectivity index (χ0n) is 10.6. The third-order valence-electron chi connectivity index (χ3n) is 1.28. The van der Waals surface area contributed by atoms with E-state index in [9.17, 15) is 9.59 Å². The fraction of sp³-hybridized carbons (Fsp3) is 0.385. The molecule has 90 valence electrons. The second kappa shape index (κ2) is 11.4. The Kier molecular flexibility index (Phi) is 12.0. The summed E-state index contributed by atoms with van der Waals surface area (Å²) >= 11 is 0. The molecule has 0 saturated heterocycles. The van der Waals surface area contributed by atoms with Crippen molar-refractivity contribution in [3.8, 4) is 5.75 Å². The van der Waals surface area contributed by atoms with Gasteiger partial charge in [-0.3, -0.25) is 9.59 Å². The van der Waals surface area contributed by atoms with Crippen LogP contribution >= 0.6 is 0 Å². The number of benzene rings is 1. The lowest BCUT2D eigenvalue weighted by Crippen LogP contribution is -2.00. The molecule has 0 aliphatic heterocycles. The molecule has 0 heterocycles. The summed E-state index contributed by atoms with van der Waals surface area (Å²) in [5, 5.41) is 0. The molecule has 0 bridgehead atoms. The maximum Gasteiger partial charge on any atom is 0.308 e. The zero-order chi connectivity index (χ0) is 13.0. The van der Waals surface area contributed by atoms with Crippen LogP contribution in [-0.4, -0.2) is 12.3 Å². The van der Waals surface area contributed by atoms with Crippen molar-refractivity contribution in [3.63, 3.8) is 0 Å². The van der Waals surface area contributed by atoms with E-state index in [1.54, 1.807) is 24.3 Å². The van der Waals surface area contributed by atoms with Crippen molar-refractivity contribution in [3.05, 3.63) is 29.8 Å². The van der Waals surface area contributed by atoms with Crippen LogP contribution in [0.25, 0.3) is 0 Å². The molecule has 3 nitrogen and oxygen atoms in total. The standard InChI is InChI=1S/C9H8O3.2C2H6/c1-7(11)12-9-4-2-8(6-10)3-5-9;2*1-2/h2-6H,1H3;2*1-2H3. The van der Waals surface area contributed by atoms with E-state index < -0.39 is 0 Å². The van der Waals surface area contributed by atoms with Gasteiger partial charge in [-0.2, -0.15) is 0 Å². The Morgan fingerprint density at radius 2 is 1.50 bits per heavy atom. The first kappa shape index (κ1) is 16.8. The quantitative estimate of drug-likeness (QED) is 0.439. The van der Waals surface area contributed by atoms with Gasteiger partial charge in [0.15, 0.2) is 0 Å². The van der Waals surface area contributed by atoms with Gasteiger partial charge in [0.25, 0.3) is 0 Å². The van der Waals surface area contributed by atoms with E-state index in [2.05, 4.69) is 0 Å². The Labute approximate surface area is 97.4 Å². The Morgan fingerprint density at radius 1 is 1.06 bits per heavy atom. The number of aldehydes is 1. The highest BCUT2D eigenvalue weighted by atomic mass is 16.5. The third-order valence-corrected chi connectivity index (χ3v) is 1.28. The summed E-state index contributed by atoms with van der Waals surface area (Å²) in [4.78, 5) is 20.7. The fourth-order valence-electron chi connectivity index (χ4n) is 0.780. The van der Waals surface area contributed by atoms with Crippen molar-refractivity contribution < 1.29 is 14.3 Å². The largest absolute Gasteiger partial charge is 0.427 e. The van der Waals surface area contributed by atoms with E-state index in [-0.39, 0.29) is 5.97 Å². The van der Waals surface area contributed by atoms with Gasteiger partial charge in [0.2, 0.25) is 0 Å². The summed E-state index contributed by atoms with van der Waals surface area (Å²) in [5.74, 6) is 0.0851. The van der Waals surface area contributed by atoms with Crippen LogP contribution in [0, 0.1) is 0 Å². The highest BCUT2D eigenvalue weighted by molar-refractivity contribution is 5.75. The average Bonchev–Trinajstić information content (AvgIpc) is 2.34. The lowest BCUT2D eigenvalue weighted by molar-refractivity contribution is -0.131. The van der Waals surface area contributed by atoms with Gasteiger partial charge in [-0.25, -0.2) is 0 Å². The first-order chi connectivity index (χ1) is 7.72. The van der Waals surface area contributed by atoms with E-state index in [0.717, 1.165) is 6.29 Å². The van der Waals surface area contributed by atoms with E-state index in [0.29, 0.717) is 11.3 Å². The molecule has 1 rings (SSSR count). The van der Waals surface area contributed by atoms with Crippen molar-refractivity contribution >= 4 is 12.3 Å². The number of hydrogen-bond acceptors (Lipinski definition) is 3. The van der Waals surface area contributed by atoms with Crippen molar-refractivity contribution in [2.45, 2.75) is 34.6 Å². The fourth-order valence-corrected chi connectivity index (χ4v) is 0.780. The number of hydrogen-bond donors (Lipinski definition) is 0. The highest BCUT2D eigenvalue weighted by Gasteiger charge is 1.96. The lowest BCUT2D eigenvalue weighted by atomic mass is 10.2. The van der Waals surface area contributed by atoms with Gasteiger partial charge >= 0.3 is 5.97 Å². The molecule has 0 saturated carbocycles. The minimum atomic E-state index is -0.367. The molecule has 0 N–H and O–H groups in total. The third kappa shape index (κ3) is 7.74. The minimum absolute atomic E-state index is 0.367. The molecule has 0 aromatic heterocycles. The Morgan fingerprint density at radius 3 is 1.81 bits per heavy atom. The lowest BCUT2D eigenvalue weighted by Gasteiger charge is -1.99. The molecule has 1 aromatic rings. The Balaban J connectivity index is 0. The predicted octanol–water partition coefficient (Wildman–Crippen LogP) is 3.48. The molecule has 0 atom stereocenters. The summed E-state index contributed by atoms with van der Waals surface area (Å²) in [6.07, 6.45) is 0.734. The van der Waals surface area contributed by atoms with E-state index in [1.807, 2.05) is 27.7 Å². The van der Waals surface area contributed by atoms with Crippen LogP contribution in [-0.2, 0) is 4.79 Å². The number of carbonyl (C=O) groups is 2. The Hall–Kier alpha value is -1.64. The van der Waals surface area contributed by atoms with Gasteiger partial charge in [-0.05, 0) is 24.3 Å². The summed E-state index contributed by atoms with van der Waals surface area (Å²) in [7, 11) is 0. The van der Waals surface area contributed by atoms with E-state index in [4.69, 9.17) is 4.74 Å². The second-order valence-corrected chi connectivity index (χ2v) is 2.28. The number of esters is 1. The van der Waals surface area contributed by atoms with E-state index in [1.165, 1.54) is 6.92 Å². The van der Waals surface area contributed by atoms with Crippen LogP contribution in [0.3, 0.4) is 0 Å². The van der Waals surface area contributed by atoms with Crippen LogP contribution in [0.4, 0.5) is 0 Å². The minimum Gasteiger partial charge on any atom is -0.427 e. The van der Waals surface area contributed by atoms with Crippen LogP contribution in [0.2, 0.25) is 0 Å². The van der Waals surface area contributed by atoms with E-state index >= 15 is 0 Å². The molecule has 0 radical (unpaired) electrons. The predicted molar refractivity (Wildman–Crippen MR) is 65.8 cm³/mol. The van der Waals surface area contributed by atoms with Crippen molar-refractivity contribution in [2.24, 2.45) is 0 Å². The molecule has 16 heavy (non-hydrogen) atoms. The smallest absolute Gasteiger partial charge is 0.308 e. The first-order valence-electron chi connectivity index (χ1n) is 5.46. The van der Waals surface area contributed by atoms with Gasteiger partial charge in [0.1, 0.15) is 12.0 Å². The van der Waals surface area contributed by atoms with Gasteiger partial charge < -0.3 is 4.74 Å². The monoisotopic (exact) mass is 224 g/mol. The SMILES string of the molecule is CC.CC.CC(=O)Oc1ccc(C=O)cc1. The molecule has 0 spiro atoms. The van der Waals surface area contributed by atoms with Crippen LogP contribution in [0.5, 0.6) is 5.75 Å². The summed E-state index contributed by atoms with van der Waals surface area (Å²) in [6.45, 7) is 9.33. The van der Waals surface area contributed by atoms with Crippen molar-refractivity contribution in [2.75, 3.05) is 0 Å². The summed E-state index contributed by atoms with van der Waals surface area (Å²) in [6, 6.07) is 6.33. The molecular weight excluding hydrogens is 204 g/mol. The molecule has 0 amide bonds. The molecule has 0 unspecified atom stereocenters. The first-order valence-corrected chi connectivity index (χ1v) is 5.46. The van der Waals surface area contributed by atoms with Crippen LogP contribution in [0.1, 0.15) is 45.0 Å². The molecule has 0 aliphatic rings. The molecule has 0 fully saturated rings. The number of ether oxygens (including phenoxy) is 1. The average molecular weight is 224 g/mol. The molecule has 0 aliphatic carbocycles. The van der Waals surface area contributed by atoms with Gasteiger partial charge in [-0.1, -0.05) is 27.7 Å². The van der Waals surface area contributed by atoms with Gasteiger partial charge in [-0.15, -0.1) is 0 Å². The topological polar surface area (TPSA) is 43.4 Å². The Bertz CT molecular complexity index is 289. The van der Waals surface area contributed by atoms with Gasteiger partial charge in [0.05, 0.1) is 0 Å².